The summed E-state index contributed by atoms with van der Waals surface area (Å²) in [5, 5.41) is 2.74. The molecule has 0 radical (unpaired) electrons. The van der Waals surface area contributed by atoms with Gasteiger partial charge in [-0.15, -0.1) is 0 Å². The lowest BCUT2D eigenvalue weighted by molar-refractivity contribution is 0.188. The molecule has 1 aromatic carbocycles. The minimum absolute atomic E-state index is 0.166. The number of urea groups is 1. The molecular formula is C15H20F2N2O. The second-order valence-corrected chi connectivity index (χ2v) is 5.41. The number of carbonyl (C=O) groups is 1. The number of amides is 2. The molecule has 1 unspecified atom stereocenters. The number of carbonyl (C=O) groups excluding carboxylic acids is 1. The third-order valence-corrected chi connectivity index (χ3v) is 3.91. The fourth-order valence-electron chi connectivity index (χ4n) is 2.24. The van der Waals surface area contributed by atoms with Gasteiger partial charge in [0.2, 0.25) is 0 Å². The summed E-state index contributed by atoms with van der Waals surface area (Å²) in [5.41, 5.74) is 0.281. The minimum atomic E-state index is -0.466. The third kappa shape index (κ3) is 3.68. The van der Waals surface area contributed by atoms with E-state index in [2.05, 4.69) is 5.32 Å². The van der Waals surface area contributed by atoms with Crippen molar-refractivity contribution in [3.05, 3.63) is 35.4 Å². The summed E-state index contributed by atoms with van der Waals surface area (Å²) in [7, 11) is 1.76. The van der Waals surface area contributed by atoms with Gasteiger partial charge in [0, 0.05) is 19.6 Å². The zero-order valence-electron chi connectivity index (χ0n) is 11.8. The van der Waals surface area contributed by atoms with E-state index in [-0.39, 0.29) is 24.1 Å². The van der Waals surface area contributed by atoms with Crippen LogP contribution in [-0.4, -0.2) is 30.6 Å². The van der Waals surface area contributed by atoms with E-state index in [4.69, 9.17) is 0 Å². The van der Waals surface area contributed by atoms with Crippen molar-refractivity contribution in [2.45, 2.75) is 32.2 Å². The molecule has 1 aromatic rings. The quantitative estimate of drug-likeness (QED) is 0.884. The predicted molar refractivity (Wildman–Crippen MR) is 73.4 cm³/mol. The highest BCUT2D eigenvalue weighted by atomic mass is 19.1. The highest BCUT2D eigenvalue weighted by molar-refractivity contribution is 5.74. The van der Waals surface area contributed by atoms with Gasteiger partial charge < -0.3 is 10.2 Å². The van der Waals surface area contributed by atoms with E-state index < -0.39 is 11.6 Å². The van der Waals surface area contributed by atoms with Crippen LogP contribution < -0.4 is 5.32 Å². The van der Waals surface area contributed by atoms with Gasteiger partial charge in [-0.3, -0.25) is 0 Å². The Labute approximate surface area is 118 Å². The van der Waals surface area contributed by atoms with Crippen molar-refractivity contribution in [2.24, 2.45) is 5.92 Å². The molecule has 3 nitrogen and oxygen atoms in total. The van der Waals surface area contributed by atoms with E-state index in [1.165, 1.54) is 12.8 Å². The molecule has 5 heteroatoms. The summed E-state index contributed by atoms with van der Waals surface area (Å²) in [4.78, 5) is 13.6. The second kappa shape index (κ2) is 6.20. The Morgan fingerprint density at radius 2 is 2.15 bits per heavy atom. The molecule has 2 amide bonds. The Morgan fingerprint density at radius 3 is 2.80 bits per heavy atom. The van der Waals surface area contributed by atoms with Gasteiger partial charge in [0.15, 0.2) is 0 Å². The molecule has 0 aromatic heterocycles. The summed E-state index contributed by atoms with van der Waals surface area (Å²) in [5.74, 6) is -0.307. The van der Waals surface area contributed by atoms with Crippen LogP contribution in [-0.2, 0) is 6.42 Å². The molecule has 1 saturated carbocycles. The lowest BCUT2D eigenvalue weighted by atomic mass is 10.1. The molecule has 0 heterocycles. The van der Waals surface area contributed by atoms with Crippen LogP contribution in [0.25, 0.3) is 0 Å². The second-order valence-electron chi connectivity index (χ2n) is 5.41. The first-order valence-electron chi connectivity index (χ1n) is 6.93. The number of benzene rings is 1. The Balaban J connectivity index is 1.80. The lowest BCUT2D eigenvalue weighted by Gasteiger charge is -2.25. The van der Waals surface area contributed by atoms with Crippen LogP contribution in [0.2, 0.25) is 0 Å². The molecule has 1 atom stereocenters. The Kier molecular flexibility index (Phi) is 4.57. The smallest absolute Gasteiger partial charge is 0.317 e. The van der Waals surface area contributed by atoms with Crippen molar-refractivity contribution in [1.82, 2.24) is 10.2 Å². The molecule has 0 spiro atoms. The van der Waals surface area contributed by atoms with Crippen molar-refractivity contribution >= 4 is 6.03 Å². The van der Waals surface area contributed by atoms with Gasteiger partial charge in [0.05, 0.1) is 0 Å². The predicted octanol–water partition coefficient (Wildman–Crippen LogP) is 2.95. The van der Waals surface area contributed by atoms with Crippen molar-refractivity contribution < 1.29 is 13.6 Å². The van der Waals surface area contributed by atoms with Crippen LogP contribution in [0.5, 0.6) is 0 Å². The van der Waals surface area contributed by atoms with Gasteiger partial charge >= 0.3 is 6.03 Å². The lowest BCUT2D eigenvalue weighted by Crippen LogP contribution is -2.43. The van der Waals surface area contributed by atoms with E-state index in [0.29, 0.717) is 12.5 Å². The Morgan fingerprint density at radius 1 is 1.45 bits per heavy atom. The molecule has 1 aliphatic rings. The molecule has 0 aliphatic heterocycles. The Bertz CT molecular complexity index is 489. The maximum absolute atomic E-state index is 13.4. The average Bonchev–Trinajstić information content (AvgIpc) is 3.25. The van der Waals surface area contributed by atoms with Crippen molar-refractivity contribution in [3.63, 3.8) is 0 Å². The molecule has 2 rings (SSSR count). The fraction of sp³-hybridized carbons (Fsp3) is 0.533. The summed E-state index contributed by atoms with van der Waals surface area (Å²) >= 11 is 0. The van der Waals surface area contributed by atoms with Crippen LogP contribution in [0.3, 0.4) is 0 Å². The largest absolute Gasteiger partial charge is 0.338 e. The van der Waals surface area contributed by atoms with E-state index in [0.717, 1.165) is 18.2 Å². The van der Waals surface area contributed by atoms with Gasteiger partial charge in [0.25, 0.3) is 0 Å². The van der Waals surface area contributed by atoms with E-state index in [9.17, 15) is 13.6 Å². The first-order valence-corrected chi connectivity index (χ1v) is 6.93. The molecule has 0 bridgehead atoms. The summed E-state index contributed by atoms with van der Waals surface area (Å²) in [6.45, 7) is 2.32. The van der Waals surface area contributed by atoms with Gasteiger partial charge in [-0.05, 0) is 55.9 Å². The van der Waals surface area contributed by atoms with Crippen molar-refractivity contribution in [1.29, 1.82) is 0 Å². The summed E-state index contributed by atoms with van der Waals surface area (Å²) in [6.07, 6.45) is 2.63. The maximum atomic E-state index is 13.4. The van der Waals surface area contributed by atoms with Crippen LogP contribution in [0, 0.1) is 17.6 Å². The van der Waals surface area contributed by atoms with Gasteiger partial charge in [0.1, 0.15) is 11.6 Å². The summed E-state index contributed by atoms with van der Waals surface area (Å²) < 4.78 is 26.4. The highest BCUT2D eigenvalue weighted by Gasteiger charge is 2.32. The molecule has 20 heavy (non-hydrogen) atoms. The van der Waals surface area contributed by atoms with Crippen molar-refractivity contribution in [2.75, 3.05) is 13.6 Å². The summed E-state index contributed by atoms with van der Waals surface area (Å²) in [6, 6.07) is 3.41. The van der Waals surface area contributed by atoms with Crippen LogP contribution in [0.4, 0.5) is 13.6 Å². The normalized spacial score (nSPS) is 15.8. The van der Waals surface area contributed by atoms with Crippen LogP contribution in [0.15, 0.2) is 18.2 Å². The minimum Gasteiger partial charge on any atom is -0.338 e. The zero-order valence-corrected chi connectivity index (χ0v) is 11.8. The van der Waals surface area contributed by atoms with Crippen LogP contribution in [0.1, 0.15) is 25.3 Å². The molecule has 110 valence electrons. The molecule has 0 saturated heterocycles. The highest BCUT2D eigenvalue weighted by Crippen LogP contribution is 2.34. The fourth-order valence-corrected chi connectivity index (χ4v) is 2.24. The first-order chi connectivity index (χ1) is 9.49. The molecule has 1 N–H and O–H groups in total. The standard InChI is InChI=1S/C15H20F2N2O/c1-10(11-3-4-11)19(2)15(20)18-8-7-12-9-13(16)5-6-14(12)17/h5-6,9-11H,3-4,7-8H2,1-2H3,(H,18,20). The monoisotopic (exact) mass is 282 g/mol. The average molecular weight is 282 g/mol. The number of rotatable bonds is 5. The van der Waals surface area contributed by atoms with E-state index in [1.807, 2.05) is 6.92 Å². The number of halogens is 2. The number of hydrogen-bond donors (Lipinski definition) is 1. The molecule has 1 aliphatic carbocycles. The molecular weight excluding hydrogens is 262 g/mol. The topological polar surface area (TPSA) is 32.3 Å². The van der Waals surface area contributed by atoms with Gasteiger partial charge in [-0.1, -0.05) is 0 Å². The first kappa shape index (κ1) is 14.8. The van der Waals surface area contributed by atoms with Gasteiger partial charge in [-0.2, -0.15) is 0 Å². The number of nitrogens with one attached hydrogen (secondary N) is 1. The Hall–Kier alpha value is -1.65. The third-order valence-electron chi connectivity index (χ3n) is 3.91. The van der Waals surface area contributed by atoms with Crippen molar-refractivity contribution in [3.8, 4) is 0 Å². The number of hydrogen-bond acceptors (Lipinski definition) is 1. The van der Waals surface area contributed by atoms with Crippen LogP contribution >= 0.6 is 0 Å². The number of nitrogens with zero attached hydrogens (tertiary/aromatic N) is 1. The molecule has 1 fully saturated rings. The van der Waals surface area contributed by atoms with E-state index in [1.54, 1.807) is 11.9 Å². The van der Waals surface area contributed by atoms with E-state index >= 15 is 0 Å². The van der Waals surface area contributed by atoms with Gasteiger partial charge in [-0.25, -0.2) is 13.6 Å². The maximum Gasteiger partial charge on any atom is 0.317 e. The SMILES string of the molecule is CC(C1CC1)N(C)C(=O)NCCc1cc(F)ccc1F. The zero-order chi connectivity index (χ0) is 14.7.